The average molecular weight is 289 g/mol. The Kier molecular flexibility index (Phi) is 5.43. The zero-order valence-corrected chi connectivity index (χ0v) is 11.7. The van der Waals surface area contributed by atoms with E-state index in [4.69, 9.17) is 9.84 Å². The summed E-state index contributed by atoms with van der Waals surface area (Å²) in [4.78, 5) is 15.7. The van der Waals surface area contributed by atoms with Gasteiger partial charge in [0, 0.05) is 23.0 Å². The molecule has 2 aromatic rings. The molecule has 0 saturated heterocycles. The molecular weight excluding hydrogens is 274 g/mol. The Morgan fingerprint density at radius 2 is 1.85 bits per heavy atom. The van der Waals surface area contributed by atoms with Crippen molar-refractivity contribution in [1.29, 1.82) is 0 Å². The third-order valence-electron chi connectivity index (χ3n) is 2.55. The molecule has 5 heteroatoms. The van der Waals surface area contributed by atoms with Crippen molar-refractivity contribution in [2.45, 2.75) is 11.3 Å². The molecule has 0 bridgehead atoms. The second kappa shape index (κ2) is 7.55. The van der Waals surface area contributed by atoms with Crippen LogP contribution in [0.2, 0.25) is 0 Å². The van der Waals surface area contributed by atoms with Crippen LogP contribution in [0.5, 0.6) is 5.75 Å². The first-order chi connectivity index (χ1) is 9.74. The maximum Gasteiger partial charge on any atom is 0.307 e. The number of hydrogen-bond donors (Lipinski definition) is 1. The minimum atomic E-state index is -0.826. The molecule has 0 aliphatic rings. The highest BCUT2D eigenvalue weighted by Crippen LogP contribution is 2.17. The van der Waals surface area contributed by atoms with Gasteiger partial charge in [0.05, 0.1) is 13.0 Å². The second-order valence-corrected chi connectivity index (χ2v) is 5.26. The molecule has 0 fully saturated rings. The van der Waals surface area contributed by atoms with Crippen LogP contribution in [0, 0.1) is 0 Å². The van der Waals surface area contributed by atoms with Gasteiger partial charge in [0.25, 0.3) is 0 Å². The molecule has 104 valence electrons. The normalized spacial score (nSPS) is 10.2. The largest absolute Gasteiger partial charge is 0.493 e. The van der Waals surface area contributed by atoms with E-state index in [-0.39, 0.29) is 6.42 Å². The summed E-state index contributed by atoms with van der Waals surface area (Å²) < 4.78 is 5.60. The highest BCUT2D eigenvalue weighted by atomic mass is 32.2. The standard InChI is InChI=1S/C15H15NO3S/c17-15(18)11-12-1-3-13(4-2-12)19-9-10-20-14-5-7-16-8-6-14/h1-8H,9-11H2,(H,17,18). The van der Waals surface area contributed by atoms with Crippen LogP contribution >= 0.6 is 11.8 Å². The lowest BCUT2D eigenvalue weighted by atomic mass is 10.1. The Hall–Kier alpha value is -2.01. The average Bonchev–Trinajstić information content (AvgIpc) is 2.46. The van der Waals surface area contributed by atoms with Gasteiger partial charge in [-0.05, 0) is 29.8 Å². The molecule has 4 nitrogen and oxygen atoms in total. The quantitative estimate of drug-likeness (QED) is 0.627. The highest BCUT2D eigenvalue weighted by molar-refractivity contribution is 7.99. The number of carboxylic acid groups (broad SMARTS) is 1. The van der Waals surface area contributed by atoms with E-state index in [0.717, 1.165) is 17.1 Å². The van der Waals surface area contributed by atoms with Crippen LogP contribution in [-0.2, 0) is 11.2 Å². The Labute approximate surface area is 121 Å². The summed E-state index contributed by atoms with van der Waals surface area (Å²) in [6.45, 7) is 0.602. The van der Waals surface area contributed by atoms with Gasteiger partial charge in [0.2, 0.25) is 0 Å². The predicted molar refractivity (Wildman–Crippen MR) is 78.2 cm³/mol. The first-order valence-corrected chi connectivity index (χ1v) is 7.19. The van der Waals surface area contributed by atoms with Crippen LogP contribution in [0.25, 0.3) is 0 Å². The first kappa shape index (κ1) is 14.4. The van der Waals surface area contributed by atoms with Gasteiger partial charge in [-0.3, -0.25) is 9.78 Å². The molecule has 0 unspecified atom stereocenters. The minimum absolute atomic E-state index is 0.0399. The summed E-state index contributed by atoms with van der Waals surface area (Å²) in [7, 11) is 0. The predicted octanol–water partition coefficient (Wildman–Crippen LogP) is 2.88. The maximum atomic E-state index is 10.6. The molecule has 2 rings (SSSR count). The number of rotatable bonds is 7. The summed E-state index contributed by atoms with van der Waals surface area (Å²) >= 11 is 1.71. The van der Waals surface area contributed by atoms with E-state index in [9.17, 15) is 4.79 Å². The van der Waals surface area contributed by atoms with Gasteiger partial charge in [-0.25, -0.2) is 0 Å². The third kappa shape index (κ3) is 4.93. The number of thioether (sulfide) groups is 1. The Bertz CT molecular complexity index is 543. The van der Waals surface area contributed by atoms with E-state index in [2.05, 4.69) is 4.98 Å². The van der Waals surface area contributed by atoms with Crippen molar-refractivity contribution in [3.05, 3.63) is 54.4 Å². The van der Waals surface area contributed by atoms with Crippen molar-refractivity contribution in [1.82, 2.24) is 4.98 Å². The minimum Gasteiger partial charge on any atom is -0.493 e. The number of hydrogen-bond acceptors (Lipinski definition) is 4. The molecular formula is C15H15NO3S. The van der Waals surface area contributed by atoms with Crippen molar-refractivity contribution in [3.63, 3.8) is 0 Å². The molecule has 1 aromatic heterocycles. The van der Waals surface area contributed by atoms with Gasteiger partial charge in [-0.1, -0.05) is 12.1 Å². The van der Waals surface area contributed by atoms with E-state index >= 15 is 0 Å². The molecule has 0 aliphatic heterocycles. The SMILES string of the molecule is O=C(O)Cc1ccc(OCCSc2ccncc2)cc1. The van der Waals surface area contributed by atoms with Gasteiger partial charge < -0.3 is 9.84 Å². The lowest BCUT2D eigenvalue weighted by Crippen LogP contribution is -2.02. The van der Waals surface area contributed by atoms with Crippen molar-refractivity contribution < 1.29 is 14.6 Å². The van der Waals surface area contributed by atoms with E-state index in [0.29, 0.717) is 6.61 Å². The fourth-order valence-electron chi connectivity index (χ4n) is 1.63. The molecule has 0 aliphatic carbocycles. The molecule has 20 heavy (non-hydrogen) atoms. The first-order valence-electron chi connectivity index (χ1n) is 6.20. The number of nitrogens with zero attached hydrogens (tertiary/aromatic N) is 1. The van der Waals surface area contributed by atoms with Crippen molar-refractivity contribution in [3.8, 4) is 5.75 Å². The number of carboxylic acids is 1. The summed E-state index contributed by atoms with van der Waals surface area (Å²) in [6.07, 6.45) is 3.58. The molecule has 0 atom stereocenters. The second-order valence-electron chi connectivity index (χ2n) is 4.09. The lowest BCUT2D eigenvalue weighted by molar-refractivity contribution is -0.136. The third-order valence-corrected chi connectivity index (χ3v) is 3.53. The van der Waals surface area contributed by atoms with Crippen LogP contribution in [-0.4, -0.2) is 28.4 Å². The van der Waals surface area contributed by atoms with Crippen molar-refractivity contribution in [2.24, 2.45) is 0 Å². The smallest absolute Gasteiger partial charge is 0.307 e. The molecule has 0 saturated carbocycles. The van der Waals surface area contributed by atoms with E-state index in [1.54, 1.807) is 48.4 Å². The zero-order chi connectivity index (χ0) is 14.2. The van der Waals surface area contributed by atoms with Crippen molar-refractivity contribution >= 4 is 17.7 Å². The van der Waals surface area contributed by atoms with Crippen molar-refractivity contribution in [2.75, 3.05) is 12.4 Å². The van der Waals surface area contributed by atoms with Gasteiger partial charge >= 0.3 is 5.97 Å². The van der Waals surface area contributed by atoms with Crippen LogP contribution in [0.1, 0.15) is 5.56 Å². The molecule has 1 N–H and O–H groups in total. The summed E-state index contributed by atoms with van der Waals surface area (Å²) in [6, 6.07) is 11.1. The van der Waals surface area contributed by atoms with Gasteiger partial charge in [0.1, 0.15) is 5.75 Å². The van der Waals surface area contributed by atoms with Gasteiger partial charge in [-0.15, -0.1) is 11.8 Å². The van der Waals surface area contributed by atoms with Crippen LogP contribution in [0.4, 0.5) is 0 Å². The monoisotopic (exact) mass is 289 g/mol. The summed E-state index contributed by atoms with van der Waals surface area (Å²) in [5, 5.41) is 8.68. The number of aliphatic carboxylic acids is 1. The number of benzene rings is 1. The van der Waals surface area contributed by atoms with E-state index in [1.807, 2.05) is 12.1 Å². The number of ether oxygens (including phenoxy) is 1. The van der Waals surface area contributed by atoms with E-state index < -0.39 is 5.97 Å². The molecule has 1 aromatic carbocycles. The van der Waals surface area contributed by atoms with Gasteiger partial charge in [0.15, 0.2) is 0 Å². The zero-order valence-electron chi connectivity index (χ0n) is 10.9. The molecule has 0 spiro atoms. The van der Waals surface area contributed by atoms with Gasteiger partial charge in [-0.2, -0.15) is 0 Å². The Balaban J connectivity index is 1.73. The van der Waals surface area contributed by atoms with Crippen LogP contribution in [0.15, 0.2) is 53.7 Å². The highest BCUT2D eigenvalue weighted by Gasteiger charge is 2.01. The van der Waals surface area contributed by atoms with E-state index in [1.165, 1.54) is 4.90 Å². The Morgan fingerprint density at radius 1 is 1.15 bits per heavy atom. The molecule has 1 heterocycles. The van der Waals surface area contributed by atoms with Crippen LogP contribution in [0.3, 0.4) is 0 Å². The Morgan fingerprint density at radius 3 is 2.50 bits per heavy atom. The fraction of sp³-hybridized carbons (Fsp3) is 0.200. The molecule has 0 amide bonds. The van der Waals surface area contributed by atoms with Crippen LogP contribution < -0.4 is 4.74 Å². The summed E-state index contributed by atoms with van der Waals surface area (Å²) in [5.74, 6) is 0.780. The number of pyridine rings is 1. The fourth-order valence-corrected chi connectivity index (χ4v) is 2.35. The topological polar surface area (TPSA) is 59.4 Å². The number of carbonyl (C=O) groups is 1. The number of aromatic nitrogens is 1. The maximum absolute atomic E-state index is 10.6. The lowest BCUT2D eigenvalue weighted by Gasteiger charge is -2.06. The molecule has 0 radical (unpaired) electrons. The summed E-state index contributed by atoms with van der Waals surface area (Å²) in [5.41, 5.74) is 0.774.